The van der Waals surface area contributed by atoms with Gasteiger partial charge in [-0.25, -0.2) is 0 Å². The van der Waals surface area contributed by atoms with Gasteiger partial charge >= 0.3 is 0 Å². The molecule has 1 aliphatic rings. The van der Waals surface area contributed by atoms with Gasteiger partial charge in [-0.3, -0.25) is 4.79 Å². The topological polar surface area (TPSA) is 59.7 Å². The summed E-state index contributed by atoms with van der Waals surface area (Å²) in [5.41, 5.74) is 5.11. The van der Waals surface area contributed by atoms with E-state index in [9.17, 15) is 4.79 Å². The first-order valence-corrected chi connectivity index (χ1v) is 3.41. The summed E-state index contributed by atoms with van der Waals surface area (Å²) in [6.45, 7) is 2.05. The Morgan fingerprint density at radius 2 is 2.44 bits per heavy atom. The van der Waals surface area contributed by atoms with Gasteiger partial charge in [-0.1, -0.05) is 0 Å². The summed E-state index contributed by atoms with van der Waals surface area (Å²) in [5.74, 6) is 0.00435. The van der Waals surface area contributed by atoms with Crippen LogP contribution in [0.2, 0.25) is 0 Å². The molecule has 0 aromatic rings. The zero-order valence-corrected chi connectivity index (χ0v) is 5.47. The number of amides is 1. The van der Waals surface area contributed by atoms with Gasteiger partial charge in [0.05, 0.1) is 19.0 Å². The van der Waals surface area contributed by atoms with Crippen LogP contribution in [0.4, 0.5) is 0 Å². The molecule has 0 aromatic heterocycles. The van der Waals surface area contributed by atoms with Crippen molar-refractivity contribution in [3.05, 3.63) is 0 Å². The lowest BCUT2D eigenvalue weighted by atomic mass is 9.99. The van der Waals surface area contributed by atoms with Crippen LogP contribution < -0.4 is 11.1 Å². The molecular weight excluding hydrogens is 116 g/mol. The highest BCUT2D eigenvalue weighted by molar-refractivity contribution is 5.76. The van der Waals surface area contributed by atoms with Gasteiger partial charge in [0.25, 0.3) is 0 Å². The minimum atomic E-state index is -0.133. The molecule has 0 aromatic carbocycles. The number of nitrogens with two attached hydrogens (primary N) is 2. The number of primary amides is 1. The quantitative estimate of drug-likeness (QED) is 0.442. The minimum absolute atomic E-state index is 0.133. The predicted octanol–water partition coefficient (Wildman–Crippen LogP) is -1.55. The number of rotatable bonds is 1. The molecule has 3 heteroatoms. The highest BCUT2D eigenvalue weighted by Crippen LogP contribution is 2.04. The molecule has 0 saturated carbocycles. The fourth-order valence-corrected chi connectivity index (χ4v) is 1.20. The van der Waals surface area contributed by atoms with Crippen LogP contribution in [-0.2, 0) is 4.79 Å². The molecule has 1 aliphatic heterocycles. The average Bonchev–Trinajstić information content (AvgIpc) is 1.90. The maximum absolute atomic E-state index is 10.6. The summed E-state index contributed by atoms with van der Waals surface area (Å²) in [6, 6.07) is 0. The highest BCUT2D eigenvalue weighted by Gasteiger charge is 2.20. The molecule has 1 heterocycles. The van der Waals surface area contributed by atoms with E-state index in [1.807, 2.05) is 0 Å². The summed E-state index contributed by atoms with van der Waals surface area (Å²) >= 11 is 0. The number of carbonyl (C=O) groups excluding carboxylic acids is 1. The fraction of sp³-hybridized carbons (Fsp3) is 0.833. The normalized spacial score (nSPS) is 27.8. The molecule has 1 rings (SSSR count). The summed E-state index contributed by atoms with van der Waals surface area (Å²) in [6.07, 6.45) is 2.12. The average molecular weight is 129 g/mol. The molecule has 1 fully saturated rings. The van der Waals surface area contributed by atoms with E-state index in [2.05, 4.69) is 5.32 Å². The standard InChI is InChI=1S/C6H12N2O/c7-6(9)5-2-1-3-8-4-5/h5,8H,1-4H2,(H2,7,9)/p+1/t5-/m0/s1. The van der Waals surface area contributed by atoms with Gasteiger partial charge in [0.15, 0.2) is 0 Å². The SMILES string of the molecule is NC(=O)[C@H]1CCC[NH2+]C1. The largest absolute Gasteiger partial charge is 0.369 e. The van der Waals surface area contributed by atoms with Gasteiger partial charge in [-0.2, -0.15) is 0 Å². The highest BCUT2D eigenvalue weighted by atomic mass is 16.1. The third kappa shape index (κ3) is 1.68. The smallest absolute Gasteiger partial charge is 0.226 e. The fourth-order valence-electron chi connectivity index (χ4n) is 1.20. The Kier molecular flexibility index (Phi) is 2.05. The number of piperidine rings is 1. The lowest BCUT2D eigenvalue weighted by molar-refractivity contribution is -0.666. The van der Waals surface area contributed by atoms with Crippen molar-refractivity contribution in [2.75, 3.05) is 13.1 Å². The van der Waals surface area contributed by atoms with Crippen molar-refractivity contribution < 1.29 is 10.1 Å². The van der Waals surface area contributed by atoms with Crippen molar-refractivity contribution >= 4 is 5.91 Å². The van der Waals surface area contributed by atoms with Gasteiger partial charge < -0.3 is 11.1 Å². The Bertz CT molecular complexity index is 108. The molecule has 1 saturated heterocycles. The Balaban J connectivity index is 2.31. The molecular formula is C6H13N2O+. The number of quaternary nitrogens is 1. The molecule has 52 valence electrons. The van der Waals surface area contributed by atoms with E-state index >= 15 is 0 Å². The summed E-state index contributed by atoms with van der Waals surface area (Å²) in [5, 5.41) is 2.15. The zero-order valence-electron chi connectivity index (χ0n) is 5.47. The number of carbonyl (C=O) groups is 1. The van der Waals surface area contributed by atoms with E-state index in [-0.39, 0.29) is 11.8 Å². The van der Waals surface area contributed by atoms with Gasteiger partial charge in [-0.15, -0.1) is 0 Å². The molecule has 1 atom stereocenters. The van der Waals surface area contributed by atoms with E-state index in [1.165, 1.54) is 0 Å². The Morgan fingerprint density at radius 1 is 1.67 bits per heavy atom. The maximum Gasteiger partial charge on any atom is 0.226 e. The monoisotopic (exact) mass is 129 g/mol. The molecule has 9 heavy (non-hydrogen) atoms. The second-order valence-corrected chi connectivity index (χ2v) is 2.55. The first kappa shape index (κ1) is 6.55. The number of hydrogen-bond acceptors (Lipinski definition) is 1. The van der Waals surface area contributed by atoms with E-state index in [4.69, 9.17) is 5.73 Å². The van der Waals surface area contributed by atoms with E-state index in [1.54, 1.807) is 0 Å². The predicted molar refractivity (Wildman–Crippen MR) is 33.6 cm³/mol. The van der Waals surface area contributed by atoms with E-state index in [0.717, 1.165) is 25.9 Å². The van der Waals surface area contributed by atoms with Crippen molar-refractivity contribution in [3.8, 4) is 0 Å². The van der Waals surface area contributed by atoms with Crippen LogP contribution in [-0.4, -0.2) is 19.0 Å². The third-order valence-electron chi connectivity index (χ3n) is 1.81. The van der Waals surface area contributed by atoms with E-state index in [0.29, 0.717) is 0 Å². The van der Waals surface area contributed by atoms with Crippen LogP contribution in [0.1, 0.15) is 12.8 Å². The Morgan fingerprint density at radius 3 is 2.78 bits per heavy atom. The van der Waals surface area contributed by atoms with Crippen molar-refractivity contribution in [2.24, 2.45) is 11.7 Å². The molecule has 0 radical (unpaired) electrons. The van der Waals surface area contributed by atoms with Gasteiger partial charge in [0.2, 0.25) is 5.91 Å². The zero-order chi connectivity index (χ0) is 6.69. The van der Waals surface area contributed by atoms with Gasteiger partial charge in [-0.05, 0) is 12.8 Å². The van der Waals surface area contributed by atoms with E-state index < -0.39 is 0 Å². The first-order chi connectivity index (χ1) is 4.30. The number of hydrogen-bond donors (Lipinski definition) is 2. The summed E-state index contributed by atoms with van der Waals surface area (Å²) in [7, 11) is 0. The lowest BCUT2D eigenvalue weighted by Crippen LogP contribution is -2.87. The van der Waals surface area contributed by atoms with Crippen molar-refractivity contribution in [1.29, 1.82) is 0 Å². The Hall–Kier alpha value is -0.570. The molecule has 4 N–H and O–H groups in total. The molecule has 3 nitrogen and oxygen atoms in total. The van der Waals surface area contributed by atoms with Crippen molar-refractivity contribution in [3.63, 3.8) is 0 Å². The molecule has 0 spiro atoms. The summed E-state index contributed by atoms with van der Waals surface area (Å²) in [4.78, 5) is 10.6. The van der Waals surface area contributed by atoms with Gasteiger partial charge in [0.1, 0.15) is 0 Å². The third-order valence-corrected chi connectivity index (χ3v) is 1.81. The molecule has 1 amide bonds. The van der Waals surface area contributed by atoms with Gasteiger partial charge in [0, 0.05) is 0 Å². The molecule has 0 unspecified atom stereocenters. The second kappa shape index (κ2) is 2.82. The van der Waals surface area contributed by atoms with Crippen LogP contribution in [0.25, 0.3) is 0 Å². The van der Waals surface area contributed by atoms with Crippen LogP contribution in [0.15, 0.2) is 0 Å². The van der Waals surface area contributed by atoms with Crippen molar-refractivity contribution in [1.82, 2.24) is 0 Å². The molecule has 0 bridgehead atoms. The van der Waals surface area contributed by atoms with Crippen LogP contribution in [0.5, 0.6) is 0 Å². The second-order valence-electron chi connectivity index (χ2n) is 2.55. The minimum Gasteiger partial charge on any atom is -0.369 e. The van der Waals surface area contributed by atoms with Crippen LogP contribution in [0, 0.1) is 5.92 Å². The Labute approximate surface area is 54.6 Å². The molecule has 0 aliphatic carbocycles. The van der Waals surface area contributed by atoms with Crippen LogP contribution in [0.3, 0.4) is 0 Å². The summed E-state index contributed by atoms with van der Waals surface area (Å²) < 4.78 is 0. The lowest BCUT2D eigenvalue weighted by Gasteiger charge is -2.15. The first-order valence-electron chi connectivity index (χ1n) is 3.41. The van der Waals surface area contributed by atoms with Crippen LogP contribution >= 0.6 is 0 Å². The van der Waals surface area contributed by atoms with Crippen molar-refractivity contribution in [2.45, 2.75) is 12.8 Å². The maximum atomic E-state index is 10.6.